The number of nitrogens with zero attached hydrogens (tertiary/aromatic N) is 3. The van der Waals surface area contributed by atoms with E-state index in [1.165, 1.54) is 7.11 Å². The molecule has 1 aromatic heterocycles. The first-order valence-electron chi connectivity index (χ1n) is 4.41. The van der Waals surface area contributed by atoms with Crippen LogP contribution < -0.4 is 10.2 Å². The predicted octanol–water partition coefficient (Wildman–Crippen LogP) is 0.127. The Morgan fingerprint density at radius 2 is 2.07 bits per heavy atom. The fraction of sp³-hybridized carbons (Fsp3) is 0.444. The number of carbonyl (C=O) groups is 1. The van der Waals surface area contributed by atoms with Gasteiger partial charge in [-0.2, -0.15) is 0 Å². The normalized spacial score (nSPS) is 9.80. The molecule has 0 saturated carbocycles. The zero-order chi connectivity index (χ0) is 11.3. The van der Waals surface area contributed by atoms with E-state index in [-0.39, 0.29) is 12.5 Å². The summed E-state index contributed by atoms with van der Waals surface area (Å²) < 4.78 is 4.68. The topological polar surface area (TPSA) is 67.3 Å². The van der Waals surface area contributed by atoms with Crippen molar-refractivity contribution >= 4 is 17.5 Å². The quantitative estimate of drug-likeness (QED) is 0.765. The minimum atomic E-state index is -0.223. The Morgan fingerprint density at radius 1 is 1.47 bits per heavy atom. The molecule has 0 unspecified atom stereocenters. The number of rotatable bonds is 4. The van der Waals surface area contributed by atoms with Gasteiger partial charge in [-0.15, -0.1) is 0 Å². The van der Waals surface area contributed by atoms with Crippen molar-refractivity contribution in [1.82, 2.24) is 9.97 Å². The molecule has 0 radical (unpaired) electrons. The molecule has 0 saturated heterocycles. The Kier molecular flexibility index (Phi) is 3.99. The van der Waals surface area contributed by atoms with Gasteiger partial charge in [0, 0.05) is 21.2 Å². The lowest BCUT2D eigenvalue weighted by molar-refractivity contribution is -0.119. The molecule has 0 aliphatic rings. The monoisotopic (exact) mass is 210 g/mol. The van der Waals surface area contributed by atoms with Crippen molar-refractivity contribution in [2.75, 3.05) is 38.0 Å². The maximum Gasteiger partial charge on any atom is 0.250 e. The highest BCUT2D eigenvalue weighted by atomic mass is 16.5. The van der Waals surface area contributed by atoms with Gasteiger partial charge in [-0.3, -0.25) is 4.79 Å². The summed E-state index contributed by atoms with van der Waals surface area (Å²) in [7, 11) is 5.16. The Morgan fingerprint density at radius 3 is 2.53 bits per heavy atom. The van der Waals surface area contributed by atoms with E-state index in [1.54, 1.807) is 17.3 Å². The van der Waals surface area contributed by atoms with Crippen LogP contribution in [0, 0.1) is 0 Å². The zero-order valence-electron chi connectivity index (χ0n) is 9.02. The largest absolute Gasteiger partial charge is 0.375 e. The number of amides is 1. The third-order valence-corrected chi connectivity index (χ3v) is 1.60. The fourth-order valence-electron chi connectivity index (χ4n) is 0.945. The van der Waals surface area contributed by atoms with Gasteiger partial charge in [-0.05, 0) is 0 Å². The van der Waals surface area contributed by atoms with Gasteiger partial charge in [0.05, 0.1) is 18.1 Å². The molecule has 0 bridgehead atoms. The SMILES string of the molecule is COCC(=O)Nc1cnc(N(C)C)nc1. The highest BCUT2D eigenvalue weighted by molar-refractivity contribution is 5.91. The molecule has 6 nitrogen and oxygen atoms in total. The summed E-state index contributed by atoms with van der Waals surface area (Å²) in [4.78, 5) is 21.0. The second-order valence-electron chi connectivity index (χ2n) is 3.15. The Labute approximate surface area is 88.3 Å². The van der Waals surface area contributed by atoms with Crippen LogP contribution in [0.25, 0.3) is 0 Å². The van der Waals surface area contributed by atoms with Gasteiger partial charge in [-0.25, -0.2) is 9.97 Å². The Hall–Kier alpha value is -1.69. The molecular formula is C9H14N4O2. The first-order valence-corrected chi connectivity index (χ1v) is 4.41. The molecule has 0 aliphatic carbocycles. The van der Waals surface area contributed by atoms with E-state index < -0.39 is 0 Å². The Bertz CT molecular complexity index is 323. The van der Waals surface area contributed by atoms with E-state index in [2.05, 4.69) is 20.0 Å². The van der Waals surface area contributed by atoms with Crippen molar-refractivity contribution in [3.8, 4) is 0 Å². The maximum atomic E-state index is 11.1. The summed E-state index contributed by atoms with van der Waals surface area (Å²) in [6.07, 6.45) is 3.10. The van der Waals surface area contributed by atoms with E-state index in [9.17, 15) is 4.79 Å². The molecular weight excluding hydrogens is 196 g/mol. The average molecular weight is 210 g/mol. The fourth-order valence-corrected chi connectivity index (χ4v) is 0.945. The number of anilines is 2. The molecule has 0 aromatic carbocycles. The number of methoxy groups -OCH3 is 1. The van der Waals surface area contributed by atoms with Gasteiger partial charge in [0.2, 0.25) is 11.9 Å². The van der Waals surface area contributed by atoms with E-state index >= 15 is 0 Å². The van der Waals surface area contributed by atoms with E-state index in [4.69, 9.17) is 0 Å². The minimum absolute atomic E-state index is 0.0232. The van der Waals surface area contributed by atoms with Crippen LogP contribution in [0.3, 0.4) is 0 Å². The summed E-state index contributed by atoms with van der Waals surface area (Å²) in [5, 5.41) is 2.60. The number of hydrogen-bond acceptors (Lipinski definition) is 5. The van der Waals surface area contributed by atoms with Crippen LogP contribution in [-0.4, -0.2) is 43.7 Å². The number of carbonyl (C=O) groups excluding carboxylic acids is 1. The second-order valence-corrected chi connectivity index (χ2v) is 3.15. The summed E-state index contributed by atoms with van der Waals surface area (Å²) in [6, 6.07) is 0. The number of nitrogens with one attached hydrogen (secondary N) is 1. The highest BCUT2D eigenvalue weighted by Gasteiger charge is 2.03. The van der Waals surface area contributed by atoms with Gasteiger partial charge in [0.1, 0.15) is 6.61 Å². The van der Waals surface area contributed by atoms with Gasteiger partial charge >= 0.3 is 0 Å². The lowest BCUT2D eigenvalue weighted by atomic mass is 10.5. The van der Waals surface area contributed by atoms with Crippen LogP contribution in [0.1, 0.15) is 0 Å². The molecule has 0 fully saturated rings. The molecule has 1 aromatic rings. The van der Waals surface area contributed by atoms with E-state index in [0.29, 0.717) is 11.6 Å². The van der Waals surface area contributed by atoms with E-state index in [1.807, 2.05) is 14.1 Å². The minimum Gasteiger partial charge on any atom is -0.375 e. The lowest BCUT2D eigenvalue weighted by Gasteiger charge is -2.10. The number of ether oxygens (including phenoxy) is 1. The summed E-state index contributed by atoms with van der Waals surface area (Å²) in [5.41, 5.74) is 0.558. The molecule has 1 heterocycles. The summed E-state index contributed by atoms with van der Waals surface area (Å²) in [5.74, 6) is 0.374. The number of aromatic nitrogens is 2. The van der Waals surface area contributed by atoms with E-state index in [0.717, 1.165) is 0 Å². The first kappa shape index (κ1) is 11.4. The zero-order valence-corrected chi connectivity index (χ0v) is 9.02. The molecule has 82 valence electrons. The van der Waals surface area contributed by atoms with Crippen LogP contribution in [0.2, 0.25) is 0 Å². The van der Waals surface area contributed by atoms with Gasteiger partial charge in [-0.1, -0.05) is 0 Å². The van der Waals surface area contributed by atoms with Gasteiger partial charge in [0.25, 0.3) is 0 Å². The first-order chi connectivity index (χ1) is 7.13. The molecule has 15 heavy (non-hydrogen) atoms. The second kappa shape index (κ2) is 5.26. The van der Waals surface area contributed by atoms with Crippen LogP contribution >= 0.6 is 0 Å². The summed E-state index contributed by atoms with van der Waals surface area (Å²) in [6.45, 7) is 0.0232. The highest BCUT2D eigenvalue weighted by Crippen LogP contribution is 2.06. The average Bonchev–Trinajstić information content (AvgIpc) is 2.18. The number of hydrogen-bond donors (Lipinski definition) is 1. The Balaban J connectivity index is 2.60. The van der Waals surface area contributed by atoms with Crippen molar-refractivity contribution in [2.24, 2.45) is 0 Å². The van der Waals surface area contributed by atoms with Gasteiger partial charge in [0.15, 0.2) is 0 Å². The third kappa shape index (κ3) is 3.51. The molecule has 1 amide bonds. The van der Waals surface area contributed by atoms with Crippen LogP contribution in [0.5, 0.6) is 0 Å². The van der Waals surface area contributed by atoms with Crippen molar-refractivity contribution in [2.45, 2.75) is 0 Å². The molecule has 0 atom stereocenters. The van der Waals surface area contributed by atoms with Crippen molar-refractivity contribution < 1.29 is 9.53 Å². The standard InChI is InChI=1S/C9H14N4O2/c1-13(2)9-10-4-7(5-11-9)12-8(14)6-15-3/h4-5H,6H2,1-3H3,(H,12,14). The van der Waals surface area contributed by atoms with Crippen molar-refractivity contribution in [1.29, 1.82) is 0 Å². The van der Waals surface area contributed by atoms with Crippen molar-refractivity contribution in [3.05, 3.63) is 12.4 Å². The summed E-state index contributed by atoms with van der Waals surface area (Å²) >= 11 is 0. The predicted molar refractivity (Wildman–Crippen MR) is 56.9 cm³/mol. The molecule has 6 heteroatoms. The molecule has 1 rings (SSSR count). The lowest BCUT2D eigenvalue weighted by Crippen LogP contribution is -2.18. The van der Waals surface area contributed by atoms with Gasteiger partial charge < -0.3 is 15.0 Å². The smallest absolute Gasteiger partial charge is 0.250 e. The molecule has 0 aliphatic heterocycles. The van der Waals surface area contributed by atoms with Crippen LogP contribution in [0.4, 0.5) is 11.6 Å². The third-order valence-electron chi connectivity index (χ3n) is 1.60. The van der Waals surface area contributed by atoms with Crippen molar-refractivity contribution in [3.63, 3.8) is 0 Å². The van der Waals surface area contributed by atoms with Crippen LogP contribution in [0.15, 0.2) is 12.4 Å². The van der Waals surface area contributed by atoms with Crippen LogP contribution in [-0.2, 0) is 9.53 Å². The molecule has 0 spiro atoms. The molecule has 1 N–H and O–H groups in total. The maximum absolute atomic E-state index is 11.1.